The summed E-state index contributed by atoms with van der Waals surface area (Å²) in [5.41, 5.74) is 0. The maximum atomic E-state index is 5.21. The fraction of sp³-hybridized carbons (Fsp3) is 0.429. The van der Waals surface area contributed by atoms with Crippen LogP contribution in [0.25, 0.3) is 0 Å². The molecule has 0 aromatic heterocycles. The zero-order valence-corrected chi connectivity index (χ0v) is 8.78. The number of rotatable bonds is 1. The molecule has 0 fully saturated rings. The monoisotopic (exact) mass is 266 g/mol. The Kier molecular flexibility index (Phi) is 2.72. The highest BCUT2D eigenvalue weighted by Gasteiger charge is 2.24. The molecule has 1 aliphatic rings. The van der Waals surface area contributed by atoms with E-state index in [0.717, 1.165) is 10.9 Å². The number of alkyl halides is 1. The van der Waals surface area contributed by atoms with Crippen LogP contribution in [-0.2, 0) is 4.74 Å². The van der Waals surface area contributed by atoms with Crippen LogP contribution in [0.3, 0.4) is 0 Å². The van der Waals surface area contributed by atoms with Crippen LogP contribution in [0.1, 0.15) is 6.42 Å². The Balaban J connectivity index is 2.71. The van der Waals surface area contributed by atoms with Crippen molar-refractivity contribution in [2.24, 2.45) is 0 Å². The summed E-state index contributed by atoms with van der Waals surface area (Å²) in [4.78, 5) is 0. The van der Waals surface area contributed by atoms with Gasteiger partial charge in [0.05, 0.1) is 0 Å². The van der Waals surface area contributed by atoms with Crippen LogP contribution in [0.15, 0.2) is 22.7 Å². The Morgan fingerprint density at radius 2 is 2.40 bits per heavy atom. The van der Waals surface area contributed by atoms with E-state index in [1.165, 1.54) is 0 Å². The molecular formula is C7H8Br2O. The first-order valence-corrected chi connectivity index (χ1v) is 4.53. The van der Waals surface area contributed by atoms with Gasteiger partial charge < -0.3 is 4.74 Å². The SMILES string of the molecule is COC1(Br)C=CC=C(Br)C1. The van der Waals surface area contributed by atoms with Crippen molar-refractivity contribution in [1.29, 1.82) is 0 Å². The third-order valence-corrected chi connectivity index (χ3v) is 2.78. The molecule has 0 heterocycles. The van der Waals surface area contributed by atoms with Crippen molar-refractivity contribution in [3.8, 4) is 0 Å². The molecule has 0 saturated heterocycles. The molecule has 0 radical (unpaired) electrons. The van der Waals surface area contributed by atoms with Gasteiger partial charge in [0.2, 0.25) is 0 Å². The fourth-order valence-electron chi connectivity index (χ4n) is 0.785. The molecule has 0 amide bonds. The Bertz CT molecular complexity index is 186. The summed E-state index contributed by atoms with van der Waals surface area (Å²) in [7, 11) is 1.69. The number of hydrogen-bond acceptors (Lipinski definition) is 1. The second-order valence-corrected chi connectivity index (χ2v) is 4.50. The number of halogens is 2. The van der Waals surface area contributed by atoms with Crippen LogP contribution < -0.4 is 0 Å². The Hall–Kier alpha value is 0.400. The Morgan fingerprint density at radius 1 is 1.70 bits per heavy atom. The lowest BCUT2D eigenvalue weighted by Gasteiger charge is -2.23. The summed E-state index contributed by atoms with van der Waals surface area (Å²) in [6.07, 6.45) is 6.81. The van der Waals surface area contributed by atoms with E-state index in [4.69, 9.17) is 4.74 Å². The van der Waals surface area contributed by atoms with Gasteiger partial charge in [-0.15, -0.1) is 0 Å². The van der Waals surface area contributed by atoms with Crippen molar-refractivity contribution >= 4 is 31.9 Å². The topological polar surface area (TPSA) is 9.23 Å². The summed E-state index contributed by atoms with van der Waals surface area (Å²) in [6, 6.07) is 0. The highest BCUT2D eigenvalue weighted by atomic mass is 79.9. The zero-order valence-electron chi connectivity index (χ0n) is 5.60. The van der Waals surface area contributed by atoms with E-state index in [-0.39, 0.29) is 4.51 Å². The first-order valence-electron chi connectivity index (χ1n) is 2.94. The zero-order chi connectivity index (χ0) is 7.61. The predicted molar refractivity (Wildman–Crippen MR) is 49.4 cm³/mol. The van der Waals surface area contributed by atoms with E-state index in [0.29, 0.717) is 0 Å². The number of allylic oxidation sites excluding steroid dienone is 2. The molecule has 0 aromatic rings. The molecule has 0 saturated carbocycles. The van der Waals surface area contributed by atoms with E-state index in [9.17, 15) is 0 Å². The Morgan fingerprint density at radius 3 is 2.80 bits per heavy atom. The molecule has 1 unspecified atom stereocenters. The van der Waals surface area contributed by atoms with Gasteiger partial charge in [0, 0.05) is 13.5 Å². The minimum absolute atomic E-state index is 0.291. The summed E-state index contributed by atoms with van der Waals surface area (Å²) in [6.45, 7) is 0. The molecule has 1 nitrogen and oxygen atoms in total. The third-order valence-electron chi connectivity index (χ3n) is 1.37. The van der Waals surface area contributed by atoms with Crippen molar-refractivity contribution in [1.82, 2.24) is 0 Å². The molecule has 56 valence electrons. The average Bonchev–Trinajstić information content (AvgIpc) is 1.88. The third kappa shape index (κ3) is 1.94. The molecule has 10 heavy (non-hydrogen) atoms. The van der Waals surface area contributed by atoms with E-state index >= 15 is 0 Å². The van der Waals surface area contributed by atoms with E-state index in [1.54, 1.807) is 7.11 Å². The molecular weight excluding hydrogens is 260 g/mol. The molecule has 1 aliphatic carbocycles. The second-order valence-electron chi connectivity index (χ2n) is 2.14. The van der Waals surface area contributed by atoms with Crippen LogP contribution in [0.4, 0.5) is 0 Å². The van der Waals surface area contributed by atoms with Crippen molar-refractivity contribution in [3.05, 3.63) is 22.7 Å². The van der Waals surface area contributed by atoms with E-state index < -0.39 is 0 Å². The normalized spacial score (nSPS) is 32.1. The molecule has 0 N–H and O–H groups in total. The van der Waals surface area contributed by atoms with Crippen molar-refractivity contribution in [3.63, 3.8) is 0 Å². The summed E-state index contributed by atoms with van der Waals surface area (Å²) in [5, 5.41) is 0. The summed E-state index contributed by atoms with van der Waals surface area (Å²) >= 11 is 6.86. The number of methoxy groups -OCH3 is 1. The predicted octanol–water partition coefficient (Wildman–Crippen LogP) is 2.96. The lowest BCUT2D eigenvalue weighted by atomic mass is 10.1. The van der Waals surface area contributed by atoms with E-state index in [1.807, 2.05) is 18.2 Å². The van der Waals surface area contributed by atoms with Crippen molar-refractivity contribution in [2.75, 3.05) is 7.11 Å². The number of ether oxygens (including phenoxy) is 1. The van der Waals surface area contributed by atoms with Gasteiger partial charge in [-0.05, 0) is 26.5 Å². The Labute approximate surface area is 77.4 Å². The molecule has 1 atom stereocenters. The lowest BCUT2D eigenvalue weighted by Crippen LogP contribution is -2.21. The standard InChI is InChI=1S/C7H8Br2O/c1-10-7(9)4-2-3-6(8)5-7/h2-4H,5H2,1H3. The smallest absolute Gasteiger partial charge is 0.145 e. The van der Waals surface area contributed by atoms with Gasteiger partial charge in [0.15, 0.2) is 0 Å². The van der Waals surface area contributed by atoms with Crippen molar-refractivity contribution < 1.29 is 4.74 Å². The van der Waals surface area contributed by atoms with Crippen molar-refractivity contribution in [2.45, 2.75) is 10.9 Å². The summed E-state index contributed by atoms with van der Waals surface area (Å²) < 4.78 is 6.06. The molecule has 1 rings (SSSR count). The lowest BCUT2D eigenvalue weighted by molar-refractivity contribution is 0.119. The molecule has 3 heteroatoms. The molecule has 0 bridgehead atoms. The highest BCUT2D eigenvalue weighted by molar-refractivity contribution is 9.12. The molecule has 0 spiro atoms. The van der Waals surface area contributed by atoms with Gasteiger partial charge in [0.25, 0.3) is 0 Å². The maximum absolute atomic E-state index is 5.21. The quantitative estimate of drug-likeness (QED) is 0.664. The minimum atomic E-state index is -0.291. The maximum Gasteiger partial charge on any atom is 0.145 e. The highest BCUT2D eigenvalue weighted by Crippen LogP contribution is 2.34. The van der Waals surface area contributed by atoms with Gasteiger partial charge in [-0.1, -0.05) is 28.1 Å². The van der Waals surface area contributed by atoms with Gasteiger partial charge in [-0.2, -0.15) is 0 Å². The van der Waals surface area contributed by atoms with Crippen LogP contribution >= 0.6 is 31.9 Å². The number of hydrogen-bond donors (Lipinski definition) is 0. The fourth-order valence-corrected chi connectivity index (χ4v) is 2.18. The average molecular weight is 268 g/mol. The van der Waals surface area contributed by atoms with Gasteiger partial charge in [-0.3, -0.25) is 0 Å². The second kappa shape index (κ2) is 3.20. The van der Waals surface area contributed by atoms with Gasteiger partial charge >= 0.3 is 0 Å². The van der Waals surface area contributed by atoms with Crippen LogP contribution in [-0.4, -0.2) is 11.6 Å². The summed E-state index contributed by atoms with van der Waals surface area (Å²) in [5.74, 6) is 0. The van der Waals surface area contributed by atoms with Gasteiger partial charge in [0.1, 0.15) is 4.51 Å². The van der Waals surface area contributed by atoms with Gasteiger partial charge in [-0.25, -0.2) is 0 Å². The minimum Gasteiger partial charge on any atom is -0.363 e. The molecule has 0 aliphatic heterocycles. The first kappa shape index (κ1) is 8.50. The van der Waals surface area contributed by atoms with Crippen LogP contribution in [0.2, 0.25) is 0 Å². The van der Waals surface area contributed by atoms with Crippen LogP contribution in [0.5, 0.6) is 0 Å². The molecule has 0 aromatic carbocycles. The largest absolute Gasteiger partial charge is 0.363 e. The first-order chi connectivity index (χ1) is 4.66. The van der Waals surface area contributed by atoms with E-state index in [2.05, 4.69) is 31.9 Å². The van der Waals surface area contributed by atoms with Crippen LogP contribution in [0, 0.1) is 0 Å².